The second kappa shape index (κ2) is 4.27. The van der Waals surface area contributed by atoms with Crippen molar-refractivity contribution >= 4 is 11.5 Å². The van der Waals surface area contributed by atoms with Gasteiger partial charge >= 0.3 is 0 Å². The van der Waals surface area contributed by atoms with Crippen LogP contribution in [0.2, 0.25) is 0 Å². The molecule has 2 rings (SSSR count). The molecule has 0 aromatic carbocycles. The number of hydrogen-bond donors (Lipinski definition) is 2. The Labute approximate surface area is 88.4 Å². The Hall–Kier alpha value is -1.62. The summed E-state index contributed by atoms with van der Waals surface area (Å²) in [4.78, 5) is 6.33. The van der Waals surface area contributed by atoms with E-state index >= 15 is 0 Å². The lowest BCUT2D eigenvalue weighted by atomic mass is 10.3. The summed E-state index contributed by atoms with van der Waals surface area (Å²) in [7, 11) is 0. The number of nitrogens with two attached hydrogens (primary N) is 1. The maximum Gasteiger partial charge on any atom is 0.141 e. The molecule has 5 nitrogen and oxygen atoms in total. The van der Waals surface area contributed by atoms with Gasteiger partial charge in [-0.1, -0.05) is 0 Å². The van der Waals surface area contributed by atoms with Crippen LogP contribution in [-0.4, -0.2) is 37.1 Å². The molecule has 2 heterocycles. The first-order valence-electron chi connectivity index (χ1n) is 4.90. The Bertz CT molecular complexity index is 343. The second-order valence-corrected chi connectivity index (χ2v) is 3.41. The van der Waals surface area contributed by atoms with E-state index in [4.69, 9.17) is 15.9 Å². The maximum atomic E-state index is 7.23. The molecule has 3 N–H and O–H groups in total. The van der Waals surface area contributed by atoms with Crippen LogP contribution in [0.5, 0.6) is 0 Å². The molecule has 0 bridgehead atoms. The van der Waals surface area contributed by atoms with Gasteiger partial charge in [0.2, 0.25) is 0 Å². The van der Waals surface area contributed by atoms with Gasteiger partial charge in [-0.15, -0.1) is 0 Å². The van der Waals surface area contributed by atoms with E-state index in [2.05, 4.69) is 9.88 Å². The van der Waals surface area contributed by atoms with E-state index in [1.165, 1.54) is 0 Å². The minimum atomic E-state index is 0.00327. The van der Waals surface area contributed by atoms with E-state index < -0.39 is 0 Å². The minimum absolute atomic E-state index is 0.00327. The Morgan fingerprint density at radius 1 is 1.40 bits per heavy atom. The molecular weight excluding hydrogens is 192 g/mol. The standard InChI is InChI=1S/C10H14N4O/c11-10(12)9-2-1-8(7-13-9)14-3-5-15-6-4-14/h1-2,7H,3-6H2,(H3,11,12). The lowest BCUT2D eigenvalue weighted by Crippen LogP contribution is -2.36. The van der Waals surface area contributed by atoms with Crippen LogP contribution < -0.4 is 10.6 Å². The number of amidine groups is 1. The Morgan fingerprint density at radius 3 is 2.67 bits per heavy atom. The first-order valence-corrected chi connectivity index (χ1v) is 4.90. The first-order chi connectivity index (χ1) is 7.27. The molecule has 0 saturated carbocycles. The summed E-state index contributed by atoms with van der Waals surface area (Å²) in [5, 5.41) is 7.23. The third-order valence-electron chi connectivity index (χ3n) is 2.40. The van der Waals surface area contributed by atoms with E-state index in [9.17, 15) is 0 Å². The number of nitrogens with one attached hydrogen (secondary N) is 1. The van der Waals surface area contributed by atoms with Crippen molar-refractivity contribution in [1.29, 1.82) is 5.41 Å². The van der Waals surface area contributed by atoms with Crippen molar-refractivity contribution in [2.45, 2.75) is 0 Å². The van der Waals surface area contributed by atoms with Crippen LogP contribution in [0, 0.1) is 5.41 Å². The van der Waals surface area contributed by atoms with Crippen molar-refractivity contribution in [3.8, 4) is 0 Å². The predicted octanol–water partition coefficient (Wildman–Crippen LogP) is 0.202. The van der Waals surface area contributed by atoms with Crippen LogP contribution >= 0.6 is 0 Å². The lowest BCUT2D eigenvalue weighted by molar-refractivity contribution is 0.122. The van der Waals surface area contributed by atoms with Crippen molar-refractivity contribution in [3.05, 3.63) is 24.0 Å². The van der Waals surface area contributed by atoms with Gasteiger partial charge in [0.15, 0.2) is 0 Å². The SMILES string of the molecule is N=C(N)c1ccc(N2CCOCC2)cn1. The molecule has 1 saturated heterocycles. The van der Waals surface area contributed by atoms with Crippen molar-refractivity contribution in [2.24, 2.45) is 5.73 Å². The monoisotopic (exact) mass is 206 g/mol. The quantitative estimate of drug-likeness (QED) is 0.535. The Morgan fingerprint density at radius 2 is 2.13 bits per heavy atom. The molecule has 0 unspecified atom stereocenters. The largest absolute Gasteiger partial charge is 0.382 e. The topological polar surface area (TPSA) is 75.2 Å². The Balaban J connectivity index is 2.11. The van der Waals surface area contributed by atoms with E-state index in [1.54, 1.807) is 12.3 Å². The molecule has 15 heavy (non-hydrogen) atoms. The minimum Gasteiger partial charge on any atom is -0.382 e. The average molecular weight is 206 g/mol. The van der Waals surface area contributed by atoms with Gasteiger partial charge in [0.25, 0.3) is 0 Å². The van der Waals surface area contributed by atoms with E-state index in [-0.39, 0.29) is 5.84 Å². The van der Waals surface area contributed by atoms with Gasteiger partial charge in [0, 0.05) is 13.1 Å². The van der Waals surface area contributed by atoms with Crippen LogP contribution in [0.3, 0.4) is 0 Å². The van der Waals surface area contributed by atoms with Gasteiger partial charge in [0.1, 0.15) is 11.5 Å². The molecule has 0 aliphatic carbocycles. The molecule has 0 amide bonds. The van der Waals surface area contributed by atoms with Crippen molar-refractivity contribution in [1.82, 2.24) is 4.98 Å². The molecule has 5 heteroatoms. The molecule has 1 aromatic heterocycles. The third-order valence-corrected chi connectivity index (χ3v) is 2.40. The van der Waals surface area contributed by atoms with Gasteiger partial charge in [-0.3, -0.25) is 10.4 Å². The fraction of sp³-hybridized carbons (Fsp3) is 0.400. The van der Waals surface area contributed by atoms with Gasteiger partial charge in [-0.05, 0) is 12.1 Å². The van der Waals surface area contributed by atoms with Crippen LogP contribution in [0.25, 0.3) is 0 Å². The number of rotatable bonds is 2. The highest BCUT2D eigenvalue weighted by molar-refractivity contribution is 5.93. The summed E-state index contributed by atoms with van der Waals surface area (Å²) in [5.41, 5.74) is 6.91. The number of ether oxygens (including phenoxy) is 1. The van der Waals surface area contributed by atoms with Crippen molar-refractivity contribution < 1.29 is 4.74 Å². The molecule has 0 spiro atoms. The van der Waals surface area contributed by atoms with E-state index in [1.807, 2.05) is 6.07 Å². The lowest BCUT2D eigenvalue weighted by Gasteiger charge is -2.28. The highest BCUT2D eigenvalue weighted by Gasteiger charge is 2.11. The normalized spacial score (nSPS) is 16.4. The Kier molecular flexibility index (Phi) is 2.82. The molecule has 0 radical (unpaired) electrons. The molecule has 1 fully saturated rings. The van der Waals surface area contributed by atoms with Crippen molar-refractivity contribution in [3.63, 3.8) is 0 Å². The highest BCUT2D eigenvalue weighted by atomic mass is 16.5. The summed E-state index contributed by atoms with van der Waals surface area (Å²) < 4.78 is 5.27. The molecule has 80 valence electrons. The van der Waals surface area contributed by atoms with Gasteiger partial charge in [-0.25, -0.2) is 0 Å². The average Bonchev–Trinajstić information content (AvgIpc) is 2.30. The third kappa shape index (κ3) is 2.24. The predicted molar refractivity (Wildman–Crippen MR) is 58.3 cm³/mol. The molecule has 1 aromatic rings. The number of hydrogen-bond acceptors (Lipinski definition) is 4. The summed E-state index contributed by atoms with van der Waals surface area (Å²) in [5.74, 6) is 0.00327. The number of morpholine rings is 1. The zero-order valence-corrected chi connectivity index (χ0v) is 8.44. The molecule has 1 aliphatic rings. The van der Waals surface area contributed by atoms with Crippen LogP contribution in [-0.2, 0) is 4.74 Å². The smallest absolute Gasteiger partial charge is 0.141 e. The van der Waals surface area contributed by atoms with E-state index in [0.717, 1.165) is 32.0 Å². The van der Waals surface area contributed by atoms with Crippen LogP contribution in [0.15, 0.2) is 18.3 Å². The molecule has 0 atom stereocenters. The second-order valence-electron chi connectivity index (χ2n) is 3.41. The first kappa shape index (κ1) is 9.92. The van der Waals surface area contributed by atoms with Crippen molar-refractivity contribution in [2.75, 3.05) is 31.2 Å². The summed E-state index contributed by atoms with van der Waals surface area (Å²) in [6.45, 7) is 3.30. The fourth-order valence-corrected chi connectivity index (χ4v) is 1.55. The number of nitrogens with zero attached hydrogens (tertiary/aromatic N) is 2. The number of aromatic nitrogens is 1. The number of anilines is 1. The maximum absolute atomic E-state index is 7.23. The van der Waals surface area contributed by atoms with Crippen LogP contribution in [0.4, 0.5) is 5.69 Å². The fourth-order valence-electron chi connectivity index (χ4n) is 1.55. The molecule has 1 aliphatic heterocycles. The van der Waals surface area contributed by atoms with Gasteiger partial charge in [-0.2, -0.15) is 0 Å². The summed E-state index contributed by atoms with van der Waals surface area (Å²) in [6.07, 6.45) is 1.75. The van der Waals surface area contributed by atoms with Gasteiger partial charge < -0.3 is 15.4 Å². The summed E-state index contributed by atoms with van der Waals surface area (Å²) >= 11 is 0. The van der Waals surface area contributed by atoms with Gasteiger partial charge in [0.05, 0.1) is 25.1 Å². The molecular formula is C10H14N4O. The number of nitrogen functional groups attached to an aromatic ring is 1. The highest BCUT2D eigenvalue weighted by Crippen LogP contribution is 2.14. The van der Waals surface area contributed by atoms with Crippen LogP contribution in [0.1, 0.15) is 5.69 Å². The number of pyridine rings is 1. The zero-order valence-electron chi connectivity index (χ0n) is 8.44. The van der Waals surface area contributed by atoms with E-state index in [0.29, 0.717) is 5.69 Å². The summed E-state index contributed by atoms with van der Waals surface area (Å²) in [6, 6.07) is 3.71. The zero-order chi connectivity index (χ0) is 10.7.